The Morgan fingerprint density at radius 3 is 2.86 bits per heavy atom. The molecule has 2 aromatic rings. The lowest BCUT2D eigenvalue weighted by atomic mass is 9.91. The number of carbonyl (C=O) groups excluding carboxylic acids is 1. The van der Waals surface area contributed by atoms with Gasteiger partial charge in [-0.25, -0.2) is 9.97 Å². The standard InChI is InChI=1S/C15H17BrN4O/c1-19-9-13(18-10-19)15(21)20(12-3-2-4-12)8-11-5-6-17-14(16)7-11/h5-7,9-10,12H,2-4,8H2,1H3. The van der Waals surface area contributed by atoms with Crippen molar-refractivity contribution < 1.29 is 4.79 Å². The first-order chi connectivity index (χ1) is 10.1. The zero-order chi connectivity index (χ0) is 14.8. The number of pyridine rings is 1. The fraction of sp³-hybridized carbons (Fsp3) is 0.400. The molecule has 0 aromatic carbocycles. The van der Waals surface area contributed by atoms with E-state index in [1.54, 1.807) is 23.3 Å². The van der Waals surface area contributed by atoms with E-state index >= 15 is 0 Å². The Bertz CT molecular complexity index is 651. The molecule has 110 valence electrons. The number of hydrogen-bond acceptors (Lipinski definition) is 3. The van der Waals surface area contributed by atoms with Crippen LogP contribution in [0.4, 0.5) is 0 Å². The molecule has 2 aromatic heterocycles. The number of imidazole rings is 1. The Hall–Kier alpha value is -1.69. The minimum atomic E-state index is 0.00762. The van der Waals surface area contributed by atoms with Crippen LogP contribution in [0, 0.1) is 0 Å². The lowest BCUT2D eigenvalue weighted by molar-refractivity contribution is 0.0551. The largest absolute Gasteiger partial charge is 0.340 e. The van der Waals surface area contributed by atoms with E-state index in [0.29, 0.717) is 18.3 Å². The smallest absolute Gasteiger partial charge is 0.274 e. The van der Waals surface area contributed by atoms with Gasteiger partial charge >= 0.3 is 0 Å². The Kier molecular flexibility index (Phi) is 4.05. The monoisotopic (exact) mass is 348 g/mol. The first-order valence-electron chi connectivity index (χ1n) is 7.03. The van der Waals surface area contributed by atoms with Gasteiger partial charge < -0.3 is 9.47 Å². The maximum Gasteiger partial charge on any atom is 0.274 e. The maximum atomic E-state index is 12.7. The van der Waals surface area contributed by atoms with Gasteiger partial charge in [0.05, 0.1) is 6.33 Å². The van der Waals surface area contributed by atoms with Crippen molar-refractivity contribution in [2.75, 3.05) is 0 Å². The molecule has 0 unspecified atom stereocenters. The van der Waals surface area contributed by atoms with Crippen LogP contribution in [0.5, 0.6) is 0 Å². The van der Waals surface area contributed by atoms with E-state index in [0.717, 1.165) is 23.0 Å². The molecule has 21 heavy (non-hydrogen) atoms. The summed E-state index contributed by atoms with van der Waals surface area (Å²) < 4.78 is 2.59. The Labute approximate surface area is 132 Å². The van der Waals surface area contributed by atoms with Crippen molar-refractivity contribution in [3.8, 4) is 0 Å². The van der Waals surface area contributed by atoms with Gasteiger partial charge in [-0.05, 0) is 52.9 Å². The molecule has 1 aliphatic carbocycles. The molecule has 0 N–H and O–H groups in total. The number of hydrogen-bond donors (Lipinski definition) is 0. The number of aryl methyl sites for hydroxylation is 1. The predicted octanol–water partition coefficient (Wildman–Crippen LogP) is 2.77. The Morgan fingerprint density at radius 2 is 2.29 bits per heavy atom. The summed E-state index contributed by atoms with van der Waals surface area (Å²) in [6, 6.07) is 4.23. The zero-order valence-electron chi connectivity index (χ0n) is 11.9. The SMILES string of the molecule is Cn1cnc(C(=O)N(Cc2ccnc(Br)c2)C2CCC2)c1. The Balaban J connectivity index is 1.82. The number of carbonyl (C=O) groups is 1. The third-order valence-electron chi connectivity index (χ3n) is 3.84. The predicted molar refractivity (Wildman–Crippen MR) is 82.7 cm³/mol. The normalized spacial score (nSPS) is 14.8. The molecule has 1 aliphatic rings. The Morgan fingerprint density at radius 1 is 1.48 bits per heavy atom. The van der Waals surface area contributed by atoms with Gasteiger partial charge in [0.1, 0.15) is 10.3 Å². The molecule has 6 heteroatoms. The van der Waals surface area contributed by atoms with Gasteiger partial charge in [0.15, 0.2) is 0 Å². The number of nitrogens with zero attached hydrogens (tertiary/aromatic N) is 4. The maximum absolute atomic E-state index is 12.7. The lowest BCUT2D eigenvalue weighted by Crippen LogP contribution is -2.43. The molecule has 0 spiro atoms. The quantitative estimate of drug-likeness (QED) is 0.798. The van der Waals surface area contributed by atoms with Crippen LogP contribution in [0.3, 0.4) is 0 Å². The summed E-state index contributed by atoms with van der Waals surface area (Å²) >= 11 is 3.38. The third kappa shape index (κ3) is 3.15. The highest BCUT2D eigenvalue weighted by atomic mass is 79.9. The molecule has 0 radical (unpaired) electrons. The van der Waals surface area contributed by atoms with Crippen molar-refractivity contribution in [2.24, 2.45) is 7.05 Å². The molecule has 1 saturated carbocycles. The summed E-state index contributed by atoms with van der Waals surface area (Å²) in [7, 11) is 1.87. The highest BCUT2D eigenvalue weighted by molar-refractivity contribution is 9.10. The minimum Gasteiger partial charge on any atom is -0.340 e. The minimum absolute atomic E-state index is 0.00762. The van der Waals surface area contributed by atoms with E-state index in [4.69, 9.17) is 0 Å². The van der Waals surface area contributed by atoms with Gasteiger partial charge in [0.2, 0.25) is 0 Å². The fourth-order valence-electron chi connectivity index (χ4n) is 2.47. The van der Waals surface area contributed by atoms with Gasteiger partial charge in [-0.3, -0.25) is 4.79 Å². The van der Waals surface area contributed by atoms with Crippen molar-refractivity contribution in [1.82, 2.24) is 19.4 Å². The first-order valence-corrected chi connectivity index (χ1v) is 7.82. The number of aromatic nitrogens is 3. The highest BCUT2D eigenvalue weighted by Crippen LogP contribution is 2.27. The van der Waals surface area contributed by atoms with E-state index in [1.807, 2.05) is 24.1 Å². The molecule has 0 bridgehead atoms. The van der Waals surface area contributed by atoms with Crippen LogP contribution >= 0.6 is 15.9 Å². The molecule has 3 rings (SSSR count). The fourth-order valence-corrected chi connectivity index (χ4v) is 2.89. The summed E-state index contributed by atoms with van der Waals surface area (Å²) in [5.41, 5.74) is 1.59. The second-order valence-corrected chi connectivity index (χ2v) is 6.24. The van der Waals surface area contributed by atoms with Gasteiger partial charge in [-0.2, -0.15) is 0 Å². The van der Waals surface area contributed by atoms with Crippen molar-refractivity contribution in [1.29, 1.82) is 0 Å². The topological polar surface area (TPSA) is 51.0 Å². The van der Waals surface area contributed by atoms with Crippen LogP contribution in [0.1, 0.15) is 35.3 Å². The summed E-state index contributed by atoms with van der Waals surface area (Å²) in [5, 5.41) is 0. The van der Waals surface area contributed by atoms with Crippen molar-refractivity contribution in [3.05, 3.63) is 46.7 Å². The second-order valence-electron chi connectivity index (χ2n) is 5.43. The molecule has 0 saturated heterocycles. The van der Waals surface area contributed by atoms with E-state index in [-0.39, 0.29) is 5.91 Å². The van der Waals surface area contributed by atoms with Crippen LogP contribution < -0.4 is 0 Å². The van der Waals surface area contributed by atoms with Crippen LogP contribution in [0.15, 0.2) is 35.5 Å². The summed E-state index contributed by atoms with van der Waals surface area (Å²) in [5.74, 6) is 0.00762. The van der Waals surface area contributed by atoms with Gasteiger partial charge in [0, 0.05) is 32.0 Å². The summed E-state index contributed by atoms with van der Waals surface area (Å²) in [6.07, 6.45) is 8.53. The average Bonchev–Trinajstić information content (AvgIpc) is 2.82. The van der Waals surface area contributed by atoms with Crippen molar-refractivity contribution in [2.45, 2.75) is 31.8 Å². The highest BCUT2D eigenvalue weighted by Gasteiger charge is 2.30. The second kappa shape index (κ2) is 5.97. The van der Waals surface area contributed by atoms with Gasteiger partial charge in [-0.15, -0.1) is 0 Å². The van der Waals surface area contributed by atoms with E-state index in [1.165, 1.54) is 6.42 Å². The van der Waals surface area contributed by atoms with E-state index < -0.39 is 0 Å². The molecular formula is C15H17BrN4O. The molecule has 5 nitrogen and oxygen atoms in total. The molecule has 0 atom stereocenters. The van der Waals surface area contributed by atoms with Crippen LogP contribution in [0.2, 0.25) is 0 Å². The zero-order valence-corrected chi connectivity index (χ0v) is 13.5. The molecule has 2 heterocycles. The molecule has 1 fully saturated rings. The molecule has 0 aliphatic heterocycles. The summed E-state index contributed by atoms with van der Waals surface area (Å²) in [4.78, 5) is 23.0. The van der Waals surface area contributed by atoms with Crippen molar-refractivity contribution in [3.63, 3.8) is 0 Å². The third-order valence-corrected chi connectivity index (χ3v) is 4.28. The van der Waals surface area contributed by atoms with Crippen LogP contribution in [-0.4, -0.2) is 31.4 Å². The van der Waals surface area contributed by atoms with E-state index in [2.05, 4.69) is 25.9 Å². The summed E-state index contributed by atoms with van der Waals surface area (Å²) in [6.45, 7) is 0.598. The number of rotatable bonds is 4. The average molecular weight is 349 g/mol. The number of halogens is 1. The van der Waals surface area contributed by atoms with E-state index in [9.17, 15) is 4.79 Å². The van der Waals surface area contributed by atoms with Crippen LogP contribution in [0.25, 0.3) is 0 Å². The lowest BCUT2D eigenvalue weighted by Gasteiger charge is -2.37. The molecule has 1 amide bonds. The molecular weight excluding hydrogens is 332 g/mol. The first kappa shape index (κ1) is 14.3. The van der Waals surface area contributed by atoms with Gasteiger partial charge in [0.25, 0.3) is 5.91 Å². The van der Waals surface area contributed by atoms with Gasteiger partial charge in [-0.1, -0.05) is 0 Å². The van der Waals surface area contributed by atoms with Crippen molar-refractivity contribution >= 4 is 21.8 Å². The van der Waals surface area contributed by atoms with Crippen LogP contribution in [-0.2, 0) is 13.6 Å². The number of amides is 1.